The molecule has 3 rings (SSSR count). The Bertz CT molecular complexity index is 956. The number of Topliss-reactive ketones (excluding diaryl/α,β-unsaturated/α-hetero) is 1. The Balaban J connectivity index is 2.04. The maximum absolute atomic E-state index is 12.9. The molecule has 1 aromatic carbocycles. The molecule has 0 radical (unpaired) electrons. The minimum atomic E-state index is -0.760. The van der Waals surface area contributed by atoms with Crippen molar-refractivity contribution in [2.45, 2.75) is 32.9 Å². The van der Waals surface area contributed by atoms with Crippen molar-refractivity contribution in [1.29, 1.82) is 0 Å². The molecule has 0 saturated carbocycles. The van der Waals surface area contributed by atoms with Crippen molar-refractivity contribution < 1.29 is 28.7 Å². The van der Waals surface area contributed by atoms with Gasteiger partial charge in [-0.05, 0) is 57.2 Å². The van der Waals surface area contributed by atoms with Gasteiger partial charge in [0.2, 0.25) is 0 Å². The Morgan fingerprint density at radius 3 is 2.37 bits per heavy atom. The molecule has 0 unspecified atom stereocenters. The molecule has 1 fully saturated rings. The zero-order chi connectivity index (χ0) is 22.0. The molecule has 0 spiro atoms. The zero-order valence-electron chi connectivity index (χ0n) is 18.1. The lowest BCUT2D eigenvalue weighted by Crippen LogP contribution is -3.06. The number of quaternary nitrogens is 1. The second kappa shape index (κ2) is 8.75. The zero-order valence-corrected chi connectivity index (χ0v) is 18.1. The van der Waals surface area contributed by atoms with E-state index in [0.29, 0.717) is 35.9 Å². The predicted molar refractivity (Wildman–Crippen MR) is 112 cm³/mol. The summed E-state index contributed by atoms with van der Waals surface area (Å²) in [7, 11) is 3.95. The molecule has 2 aromatic rings. The van der Waals surface area contributed by atoms with Crippen LogP contribution in [0.25, 0.3) is 5.76 Å². The van der Waals surface area contributed by atoms with Crippen LogP contribution in [0.4, 0.5) is 0 Å². The van der Waals surface area contributed by atoms with Crippen molar-refractivity contribution in [1.82, 2.24) is 4.90 Å². The van der Waals surface area contributed by atoms with Gasteiger partial charge in [-0.15, -0.1) is 0 Å². The summed E-state index contributed by atoms with van der Waals surface area (Å²) in [6.45, 7) is 6.68. The monoisotopic (exact) mass is 413 g/mol. The number of nitrogens with one attached hydrogen (secondary N) is 1. The average Bonchev–Trinajstić information content (AvgIpc) is 3.21. The van der Waals surface area contributed by atoms with Crippen molar-refractivity contribution in [3.8, 4) is 5.75 Å². The first-order valence-corrected chi connectivity index (χ1v) is 10.1. The largest absolute Gasteiger partial charge is 0.507 e. The highest BCUT2D eigenvalue weighted by Crippen LogP contribution is 2.39. The third-order valence-corrected chi connectivity index (χ3v) is 4.92. The molecule has 7 heteroatoms. The molecule has 1 atom stereocenters. The first kappa shape index (κ1) is 21.6. The summed E-state index contributed by atoms with van der Waals surface area (Å²) in [4.78, 5) is 28.3. The number of carbonyl (C=O) groups is 2. The molecular weight excluding hydrogens is 384 g/mol. The first-order chi connectivity index (χ1) is 14.2. The van der Waals surface area contributed by atoms with Gasteiger partial charge in [-0.1, -0.05) is 0 Å². The van der Waals surface area contributed by atoms with Crippen LogP contribution in [0, 0.1) is 6.92 Å². The standard InChI is InChI=1S/C23H28N2O5/c1-14(2)29-17-9-7-16(8-10-17)21(26)19-20(18-11-6-15(3)30-18)25(13-12-24(4)5)23(28)22(19)27/h6-11,14,20,26H,12-13H2,1-5H3/p+1/t20-/m0/s1. The second-order valence-corrected chi connectivity index (χ2v) is 8.09. The van der Waals surface area contributed by atoms with Gasteiger partial charge < -0.3 is 24.1 Å². The molecule has 160 valence electrons. The van der Waals surface area contributed by atoms with E-state index >= 15 is 0 Å². The number of ketones is 1. The van der Waals surface area contributed by atoms with Gasteiger partial charge in [0.05, 0.1) is 38.9 Å². The highest BCUT2D eigenvalue weighted by molar-refractivity contribution is 6.46. The number of amides is 1. The Morgan fingerprint density at radius 2 is 1.83 bits per heavy atom. The van der Waals surface area contributed by atoms with E-state index in [-0.39, 0.29) is 17.4 Å². The van der Waals surface area contributed by atoms with Gasteiger partial charge in [-0.25, -0.2) is 0 Å². The van der Waals surface area contributed by atoms with E-state index in [9.17, 15) is 14.7 Å². The van der Waals surface area contributed by atoms with Crippen LogP contribution in [0.1, 0.15) is 37.0 Å². The molecule has 1 amide bonds. The SMILES string of the molecule is Cc1ccc([C@H]2C(=C(O)c3ccc(OC(C)C)cc3)C(=O)C(=O)N2CC[NH+](C)C)o1. The predicted octanol–water partition coefficient (Wildman–Crippen LogP) is 1.94. The van der Waals surface area contributed by atoms with E-state index in [4.69, 9.17) is 9.15 Å². The molecule has 0 bridgehead atoms. The summed E-state index contributed by atoms with van der Waals surface area (Å²) in [6, 6.07) is 9.58. The molecule has 1 aromatic heterocycles. The lowest BCUT2D eigenvalue weighted by atomic mass is 9.99. The number of likely N-dealkylation sites (N-methyl/N-ethyl adjacent to an activating group) is 1. The Labute approximate surface area is 176 Å². The van der Waals surface area contributed by atoms with Crippen LogP contribution in [0.2, 0.25) is 0 Å². The number of aliphatic hydroxyl groups excluding tert-OH is 1. The van der Waals surface area contributed by atoms with Crippen molar-refractivity contribution in [3.63, 3.8) is 0 Å². The van der Waals surface area contributed by atoms with Gasteiger partial charge in [-0.2, -0.15) is 0 Å². The number of furan rings is 1. The molecule has 0 aliphatic carbocycles. The van der Waals surface area contributed by atoms with Crippen LogP contribution in [-0.2, 0) is 9.59 Å². The molecule has 2 N–H and O–H groups in total. The molecule has 1 saturated heterocycles. The second-order valence-electron chi connectivity index (χ2n) is 8.09. The first-order valence-electron chi connectivity index (χ1n) is 10.1. The van der Waals surface area contributed by atoms with Gasteiger partial charge in [0.25, 0.3) is 11.7 Å². The maximum Gasteiger partial charge on any atom is 0.295 e. The number of hydrogen-bond donors (Lipinski definition) is 2. The lowest BCUT2D eigenvalue weighted by Gasteiger charge is -2.23. The topological polar surface area (TPSA) is 84.4 Å². The van der Waals surface area contributed by atoms with E-state index in [1.807, 2.05) is 27.9 Å². The summed E-state index contributed by atoms with van der Waals surface area (Å²) in [5, 5.41) is 11.0. The highest BCUT2D eigenvalue weighted by atomic mass is 16.5. The summed E-state index contributed by atoms with van der Waals surface area (Å²) < 4.78 is 11.4. The number of rotatable bonds is 7. The van der Waals surface area contributed by atoms with E-state index < -0.39 is 17.7 Å². The number of hydrogen-bond acceptors (Lipinski definition) is 5. The fraction of sp³-hybridized carbons (Fsp3) is 0.391. The van der Waals surface area contributed by atoms with Gasteiger partial charge in [-0.3, -0.25) is 9.59 Å². The number of ether oxygens (including phenoxy) is 1. The number of aliphatic hydroxyl groups is 1. The van der Waals surface area contributed by atoms with E-state index in [0.717, 1.165) is 4.90 Å². The van der Waals surface area contributed by atoms with Crippen molar-refractivity contribution >= 4 is 17.4 Å². The summed E-state index contributed by atoms with van der Waals surface area (Å²) in [5.41, 5.74) is 0.483. The molecule has 1 aliphatic rings. The molecule has 30 heavy (non-hydrogen) atoms. The van der Waals surface area contributed by atoms with Crippen molar-refractivity contribution in [2.24, 2.45) is 0 Å². The molecule has 1 aliphatic heterocycles. The maximum atomic E-state index is 12.9. The summed E-state index contributed by atoms with van der Waals surface area (Å²) >= 11 is 0. The van der Waals surface area contributed by atoms with E-state index in [1.165, 1.54) is 4.90 Å². The Hall–Kier alpha value is -3.06. The Morgan fingerprint density at radius 1 is 1.17 bits per heavy atom. The third kappa shape index (κ3) is 4.41. The third-order valence-electron chi connectivity index (χ3n) is 4.92. The lowest BCUT2D eigenvalue weighted by molar-refractivity contribution is -0.857. The van der Waals surface area contributed by atoms with Crippen LogP contribution >= 0.6 is 0 Å². The quantitative estimate of drug-likeness (QED) is 0.412. The van der Waals surface area contributed by atoms with Gasteiger partial charge >= 0.3 is 0 Å². The van der Waals surface area contributed by atoms with Crippen molar-refractivity contribution in [3.05, 3.63) is 59.1 Å². The van der Waals surface area contributed by atoms with Gasteiger partial charge in [0.15, 0.2) is 0 Å². The smallest absolute Gasteiger partial charge is 0.295 e. The number of aryl methyl sites for hydroxylation is 1. The van der Waals surface area contributed by atoms with Crippen LogP contribution < -0.4 is 9.64 Å². The number of carbonyl (C=O) groups excluding carboxylic acids is 2. The number of benzene rings is 1. The van der Waals surface area contributed by atoms with Crippen LogP contribution in [0.3, 0.4) is 0 Å². The summed E-state index contributed by atoms with van der Waals surface area (Å²) in [5.74, 6) is 0.238. The number of nitrogens with zero attached hydrogens (tertiary/aromatic N) is 1. The summed E-state index contributed by atoms with van der Waals surface area (Å²) in [6.07, 6.45) is 0.0239. The molecule has 7 nitrogen and oxygen atoms in total. The highest BCUT2D eigenvalue weighted by Gasteiger charge is 2.47. The fourth-order valence-corrected chi connectivity index (χ4v) is 3.47. The normalized spacial score (nSPS) is 18.6. The van der Waals surface area contributed by atoms with E-state index in [1.54, 1.807) is 43.3 Å². The average molecular weight is 413 g/mol. The van der Waals surface area contributed by atoms with Gasteiger partial charge in [0, 0.05) is 5.56 Å². The fourth-order valence-electron chi connectivity index (χ4n) is 3.47. The minimum absolute atomic E-state index is 0.0239. The van der Waals surface area contributed by atoms with Crippen LogP contribution in [0.15, 0.2) is 46.4 Å². The van der Waals surface area contributed by atoms with E-state index in [2.05, 4.69) is 0 Å². The van der Waals surface area contributed by atoms with Crippen molar-refractivity contribution in [2.75, 3.05) is 27.2 Å². The van der Waals surface area contributed by atoms with Crippen LogP contribution in [-0.4, -0.2) is 55.0 Å². The molecule has 2 heterocycles. The number of likely N-dealkylation sites (tertiary alicyclic amines) is 1. The van der Waals surface area contributed by atoms with Gasteiger partial charge in [0.1, 0.15) is 29.1 Å². The minimum Gasteiger partial charge on any atom is -0.507 e. The Kier molecular flexibility index (Phi) is 6.31. The molecular formula is C23H29N2O5+. The van der Waals surface area contributed by atoms with Crippen LogP contribution in [0.5, 0.6) is 5.75 Å².